The fraction of sp³-hybridized carbons (Fsp3) is 0.526. The maximum atomic E-state index is 11.7. The highest BCUT2D eigenvalue weighted by atomic mass is 16.5. The molecule has 1 rings (SSSR count). The highest BCUT2D eigenvalue weighted by Crippen LogP contribution is 2.10. The number of urea groups is 1. The lowest BCUT2D eigenvalue weighted by molar-refractivity contribution is 0.200. The second-order valence-electron chi connectivity index (χ2n) is 6.10. The van der Waals surface area contributed by atoms with E-state index in [1.54, 1.807) is 7.11 Å². The van der Waals surface area contributed by atoms with Crippen LogP contribution in [0.1, 0.15) is 33.3 Å². The summed E-state index contributed by atoms with van der Waals surface area (Å²) in [6, 6.07) is 8.28. The van der Waals surface area contributed by atoms with Crippen LogP contribution in [0.2, 0.25) is 0 Å². The van der Waals surface area contributed by atoms with Crippen LogP contribution in [0.3, 0.4) is 0 Å². The van der Waals surface area contributed by atoms with Gasteiger partial charge in [-0.3, -0.25) is 4.90 Å². The molecule has 2 N–H and O–H groups in total. The van der Waals surface area contributed by atoms with Crippen molar-refractivity contribution >= 4 is 6.03 Å². The molecule has 24 heavy (non-hydrogen) atoms. The highest BCUT2D eigenvalue weighted by molar-refractivity contribution is 5.74. The lowest BCUT2D eigenvalue weighted by Crippen LogP contribution is -2.37. The lowest BCUT2D eigenvalue weighted by Gasteiger charge is -2.28. The van der Waals surface area contributed by atoms with E-state index in [0.717, 1.165) is 11.3 Å². The summed E-state index contributed by atoms with van der Waals surface area (Å²) in [5.41, 5.74) is 1.02. The van der Waals surface area contributed by atoms with Crippen molar-refractivity contribution in [3.63, 3.8) is 0 Å². The summed E-state index contributed by atoms with van der Waals surface area (Å²) in [7, 11) is 1.63. The van der Waals surface area contributed by atoms with Gasteiger partial charge in [-0.25, -0.2) is 4.79 Å². The van der Waals surface area contributed by atoms with Crippen LogP contribution < -0.4 is 15.4 Å². The maximum absolute atomic E-state index is 11.7. The Bertz CT molecular complexity index is 548. The Morgan fingerprint density at radius 2 is 1.71 bits per heavy atom. The van der Waals surface area contributed by atoms with Gasteiger partial charge in [0.25, 0.3) is 0 Å². The van der Waals surface area contributed by atoms with E-state index < -0.39 is 0 Å². The number of hydrogen-bond donors (Lipinski definition) is 2. The van der Waals surface area contributed by atoms with E-state index in [0.29, 0.717) is 31.7 Å². The summed E-state index contributed by atoms with van der Waals surface area (Å²) in [6.07, 6.45) is 0. The average Bonchev–Trinajstić information content (AvgIpc) is 2.55. The smallest absolute Gasteiger partial charge is 0.315 e. The number of nitrogens with one attached hydrogen (secondary N) is 2. The van der Waals surface area contributed by atoms with Gasteiger partial charge in [-0.1, -0.05) is 24.0 Å². The third-order valence-electron chi connectivity index (χ3n) is 3.66. The first kappa shape index (κ1) is 19.9. The molecule has 5 heteroatoms. The second-order valence-corrected chi connectivity index (χ2v) is 6.10. The van der Waals surface area contributed by atoms with Crippen LogP contribution in [0.5, 0.6) is 5.75 Å². The molecule has 0 aliphatic rings. The number of carbonyl (C=O) groups excluding carboxylic acids is 1. The van der Waals surface area contributed by atoms with Crippen molar-refractivity contribution in [1.82, 2.24) is 15.5 Å². The monoisotopic (exact) mass is 331 g/mol. The first-order valence-electron chi connectivity index (χ1n) is 8.30. The number of nitrogens with zero attached hydrogens (tertiary/aromatic N) is 1. The number of amides is 2. The van der Waals surface area contributed by atoms with Crippen LogP contribution in [0.25, 0.3) is 0 Å². The van der Waals surface area contributed by atoms with E-state index in [4.69, 9.17) is 4.74 Å². The molecule has 0 radical (unpaired) electrons. The van der Waals surface area contributed by atoms with Crippen molar-refractivity contribution in [1.29, 1.82) is 0 Å². The van der Waals surface area contributed by atoms with Gasteiger partial charge in [-0.15, -0.1) is 0 Å². The van der Waals surface area contributed by atoms with Crippen molar-refractivity contribution in [3.05, 3.63) is 29.8 Å². The Hall–Kier alpha value is -2.19. The molecule has 1 aromatic rings. The molecule has 0 aromatic heterocycles. The number of hydrogen-bond acceptors (Lipinski definition) is 3. The molecule has 0 atom stereocenters. The predicted octanol–water partition coefficient (Wildman–Crippen LogP) is 2.62. The molecule has 0 saturated heterocycles. The van der Waals surface area contributed by atoms with Gasteiger partial charge in [0.05, 0.1) is 20.2 Å². The molecule has 0 bridgehead atoms. The van der Waals surface area contributed by atoms with Gasteiger partial charge in [-0.2, -0.15) is 0 Å². The van der Waals surface area contributed by atoms with E-state index in [9.17, 15) is 4.79 Å². The van der Waals surface area contributed by atoms with Crippen molar-refractivity contribution in [2.75, 3.05) is 20.2 Å². The van der Waals surface area contributed by atoms with Gasteiger partial charge in [-0.05, 0) is 45.4 Å². The summed E-state index contributed by atoms with van der Waals surface area (Å²) in [5, 5.41) is 5.54. The zero-order chi connectivity index (χ0) is 17.9. The topological polar surface area (TPSA) is 53.6 Å². The van der Waals surface area contributed by atoms with Gasteiger partial charge >= 0.3 is 6.03 Å². The van der Waals surface area contributed by atoms with Gasteiger partial charge in [0, 0.05) is 18.6 Å². The Morgan fingerprint density at radius 1 is 1.08 bits per heavy atom. The predicted molar refractivity (Wildman–Crippen MR) is 98.0 cm³/mol. The van der Waals surface area contributed by atoms with Gasteiger partial charge in [0.2, 0.25) is 0 Å². The quantitative estimate of drug-likeness (QED) is 0.755. The zero-order valence-electron chi connectivity index (χ0n) is 15.3. The normalized spacial score (nSPS) is 10.5. The first-order chi connectivity index (χ1) is 11.4. The highest BCUT2D eigenvalue weighted by Gasteiger charge is 2.10. The Labute approximate surface area is 145 Å². The average molecular weight is 331 g/mol. The molecule has 0 unspecified atom stereocenters. The number of rotatable bonds is 7. The fourth-order valence-electron chi connectivity index (χ4n) is 2.28. The van der Waals surface area contributed by atoms with E-state index >= 15 is 0 Å². The third-order valence-corrected chi connectivity index (χ3v) is 3.66. The van der Waals surface area contributed by atoms with Gasteiger partial charge in [0.15, 0.2) is 0 Å². The molecule has 0 saturated carbocycles. The zero-order valence-corrected chi connectivity index (χ0v) is 15.3. The molecule has 0 heterocycles. The Morgan fingerprint density at radius 3 is 2.25 bits per heavy atom. The van der Waals surface area contributed by atoms with Crippen LogP contribution in [0.15, 0.2) is 24.3 Å². The minimum Gasteiger partial charge on any atom is -0.497 e. The largest absolute Gasteiger partial charge is 0.497 e. The molecule has 0 fully saturated rings. The number of benzene rings is 1. The summed E-state index contributed by atoms with van der Waals surface area (Å²) in [5.74, 6) is 6.90. The third kappa shape index (κ3) is 7.38. The van der Waals surface area contributed by atoms with E-state index in [2.05, 4.69) is 55.1 Å². The molecule has 0 aliphatic carbocycles. The molecular formula is C19H29N3O2. The Balaban J connectivity index is 2.28. The molecule has 2 amide bonds. The van der Waals surface area contributed by atoms with E-state index in [1.807, 2.05) is 24.3 Å². The minimum absolute atomic E-state index is 0.218. The van der Waals surface area contributed by atoms with Gasteiger partial charge < -0.3 is 15.4 Å². The van der Waals surface area contributed by atoms with Crippen LogP contribution in [0, 0.1) is 11.8 Å². The van der Waals surface area contributed by atoms with Crippen molar-refractivity contribution in [2.45, 2.75) is 46.3 Å². The van der Waals surface area contributed by atoms with Crippen molar-refractivity contribution in [3.8, 4) is 17.6 Å². The van der Waals surface area contributed by atoms with Crippen molar-refractivity contribution < 1.29 is 9.53 Å². The van der Waals surface area contributed by atoms with E-state index in [-0.39, 0.29) is 6.03 Å². The standard InChI is InChI=1S/C19H29N3O2/c1-15(2)22(16(3)4)13-7-6-12-20-19(23)21-14-17-8-10-18(24-5)11-9-17/h8-11,15-16H,12-14H2,1-5H3,(H2,20,21,23). The second kappa shape index (κ2) is 10.6. The summed E-state index contributed by atoms with van der Waals surface area (Å²) in [6.45, 7) is 10.2. The number of methoxy groups -OCH3 is 1. The first-order valence-corrected chi connectivity index (χ1v) is 8.30. The summed E-state index contributed by atoms with van der Waals surface area (Å²) < 4.78 is 5.10. The van der Waals surface area contributed by atoms with Crippen LogP contribution in [-0.2, 0) is 6.54 Å². The number of carbonyl (C=O) groups is 1. The molecule has 0 aliphatic heterocycles. The SMILES string of the molecule is COc1ccc(CNC(=O)NCC#CCN(C(C)C)C(C)C)cc1. The lowest BCUT2D eigenvalue weighted by atomic mass is 10.2. The maximum Gasteiger partial charge on any atom is 0.315 e. The van der Waals surface area contributed by atoms with Crippen molar-refractivity contribution in [2.24, 2.45) is 0 Å². The molecular weight excluding hydrogens is 302 g/mol. The summed E-state index contributed by atoms with van der Waals surface area (Å²) in [4.78, 5) is 14.0. The fourth-order valence-corrected chi connectivity index (χ4v) is 2.28. The van der Waals surface area contributed by atoms with Gasteiger partial charge in [0.1, 0.15) is 5.75 Å². The van der Waals surface area contributed by atoms with E-state index in [1.165, 1.54) is 0 Å². The van der Waals surface area contributed by atoms with Crippen LogP contribution >= 0.6 is 0 Å². The van der Waals surface area contributed by atoms with Crippen LogP contribution in [0.4, 0.5) is 4.79 Å². The molecule has 1 aromatic carbocycles. The molecule has 132 valence electrons. The minimum atomic E-state index is -0.218. The molecule has 0 spiro atoms. The Kier molecular flexibility index (Phi) is 8.74. The van der Waals surface area contributed by atoms with Crippen LogP contribution in [-0.4, -0.2) is 43.2 Å². The number of ether oxygens (including phenoxy) is 1. The summed E-state index contributed by atoms with van der Waals surface area (Å²) >= 11 is 0. The molecule has 5 nitrogen and oxygen atoms in total.